The van der Waals surface area contributed by atoms with Gasteiger partial charge in [0.15, 0.2) is 0 Å². The van der Waals surface area contributed by atoms with E-state index in [1.165, 1.54) is 0 Å². The van der Waals surface area contributed by atoms with E-state index in [9.17, 15) is 4.79 Å². The first-order valence-corrected chi connectivity index (χ1v) is 7.72. The monoisotopic (exact) mass is 335 g/mol. The largest absolute Gasteiger partial charge is 0.496 e. The molecule has 0 aliphatic heterocycles. The highest BCUT2D eigenvalue weighted by atomic mass is 35.5. The van der Waals surface area contributed by atoms with Gasteiger partial charge in [-0.2, -0.15) is 0 Å². The topological polar surface area (TPSA) is 38.3 Å². The van der Waals surface area contributed by atoms with Crippen LogP contribution in [0.2, 0.25) is 10.0 Å². The number of rotatable bonds is 4. The van der Waals surface area contributed by atoms with E-state index in [1.54, 1.807) is 25.3 Å². The van der Waals surface area contributed by atoms with E-state index in [1.807, 2.05) is 24.3 Å². The molecule has 5 heteroatoms. The Bertz CT molecular complexity index is 726. The van der Waals surface area contributed by atoms with Gasteiger partial charge in [-0.15, -0.1) is 0 Å². The third kappa shape index (κ3) is 2.79. The molecule has 0 aromatic heterocycles. The van der Waals surface area contributed by atoms with Crippen LogP contribution in [-0.4, -0.2) is 13.0 Å². The van der Waals surface area contributed by atoms with Crippen LogP contribution in [0.3, 0.4) is 0 Å². The molecule has 1 N–H and O–H groups in total. The second-order valence-corrected chi connectivity index (χ2v) is 6.18. The fourth-order valence-electron chi connectivity index (χ4n) is 2.55. The Balaban J connectivity index is 1.85. The van der Waals surface area contributed by atoms with E-state index in [0.717, 1.165) is 24.2 Å². The Kier molecular flexibility index (Phi) is 4.02. The Morgan fingerprint density at radius 1 is 1.14 bits per heavy atom. The van der Waals surface area contributed by atoms with Crippen LogP contribution in [0.4, 0.5) is 0 Å². The van der Waals surface area contributed by atoms with Crippen molar-refractivity contribution in [3.8, 4) is 5.75 Å². The minimum Gasteiger partial charge on any atom is -0.496 e. The molecule has 3 nitrogen and oxygen atoms in total. The second kappa shape index (κ2) is 5.82. The lowest BCUT2D eigenvalue weighted by Gasteiger charge is -2.20. The van der Waals surface area contributed by atoms with Crippen molar-refractivity contribution in [2.24, 2.45) is 0 Å². The van der Waals surface area contributed by atoms with Gasteiger partial charge in [-0.25, -0.2) is 0 Å². The minimum atomic E-state index is -0.351. The summed E-state index contributed by atoms with van der Waals surface area (Å²) in [5.41, 5.74) is 1.15. The number of nitrogens with one attached hydrogen (secondary N) is 1. The van der Waals surface area contributed by atoms with Crippen LogP contribution in [0, 0.1) is 0 Å². The summed E-state index contributed by atoms with van der Waals surface area (Å²) >= 11 is 11.9. The van der Waals surface area contributed by atoms with E-state index in [4.69, 9.17) is 27.9 Å². The third-order valence-electron chi connectivity index (χ3n) is 3.91. The van der Waals surface area contributed by atoms with Gasteiger partial charge in [0, 0.05) is 11.1 Å². The molecule has 1 amide bonds. The number of hydrogen-bond donors (Lipinski definition) is 1. The molecule has 1 aliphatic carbocycles. The number of halogens is 2. The maximum Gasteiger partial charge on any atom is 0.252 e. The molecule has 2 aromatic carbocycles. The molecule has 0 unspecified atom stereocenters. The summed E-state index contributed by atoms with van der Waals surface area (Å²) in [5, 5.41) is 3.91. The molecule has 2 aromatic rings. The number of carbonyl (C=O) groups excluding carboxylic acids is 1. The first-order valence-electron chi connectivity index (χ1n) is 6.97. The van der Waals surface area contributed by atoms with E-state index in [2.05, 4.69) is 5.32 Å². The molecule has 0 atom stereocenters. The minimum absolute atomic E-state index is 0.165. The Morgan fingerprint density at radius 2 is 1.86 bits per heavy atom. The third-order valence-corrected chi connectivity index (χ3v) is 4.65. The molecule has 0 bridgehead atoms. The molecular weight excluding hydrogens is 321 g/mol. The van der Waals surface area contributed by atoms with Crippen LogP contribution in [0.25, 0.3) is 0 Å². The van der Waals surface area contributed by atoms with Crippen molar-refractivity contribution in [1.29, 1.82) is 0 Å². The van der Waals surface area contributed by atoms with Gasteiger partial charge in [0.2, 0.25) is 0 Å². The highest BCUT2D eigenvalue weighted by Gasteiger charge is 2.47. The average Bonchev–Trinajstić information content (AvgIpc) is 3.30. The number of hydrogen-bond acceptors (Lipinski definition) is 2. The Morgan fingerprint density at radius 3 is 2.50 bits per heavy atom. The van der Waals surface area contributed by atoms with E-state index in [0.29, 0.717) is 15.6 Å². The molecule has 3 rings (SSSR count). The first-order chi connectivity index (χ1) is 10.6. The van der Waals surface area contributed by atoms with Crippen LogP contribution >= 0.6 is 23.2 Å². The number of amides is 1. The summed E-state index contributed by atoms with van der Waals surface area (Å²) in [5.74, 6) is 0.622. The molecule has 0 spiro atoms. The quantitative estimate of drug-likeness (QED) is 0.897. The predicted molar refractivity (Wildman–Crippen MR) is 87.8 cm³/mol. The molecule has 1 aliphatic rings. The number of para-hydroxylation sites is 1. The highest BCUT2D eigenvalue weighted by molar-refractivity contribution is 6.42. The fraction of sp³-hybridized carbons (Fsp3) is 0.235. The summed E-state index contributed by atoms with van der Waals surface area (Å²) in [6, 6.07) is 12.6. The van der Waals surface area contributed by atoms with Crippen LogP contribution in [0.5, 0.6) is 5.75 Å². The van der Waals surface area contributed by atoms with Crippen molar-refractivity contribution in [1.82, 2.24) is 5.32 Å². The number of ether oxygens (including phenoxy) is 1. The summed E-state index contributed by atoms with van der Waals surface area (Å²) < 4.78 is 5.40. The van der Waals surface area contributed by atoms with Gasteiger partial charge in [-0.05, 0) is 37.1 Å². The van der Waals surface area contributed by atoms with Crippen molar-refractivity contribution < 1.29 is 9.53 Å². The fourth-order valence-corrected chi connectivity index (χ4v) is 2.85. The van der Waals surface area contributed by atoms with Crippen molar-refractivity contribution in [2.75, 3.05) is 7.11 Å². The van der Waals surface area contributed by atoms with E-state index < -0.39 is 0 Å². The van der Waals surface area contributed by atoms with E-state index in [-0.39, 0.29) is 11.4 Å². The van der Waals surface area contributed by atoms with Crippen LogP contribution in [0.15, 0.2) is 42.5 Å². The van der Waals surface area contributed by atoms with Gasteiger partial charge < -0.3 is 10.1 Å². The zero-order chi connectivity index (χ0) is 15.7. The maximum atomic E-state index is 12.5. The molecule has 0 heterocycles. The molecule has 1 saturated carbocycles. The number of methoxy groups -OCH3 is 1. The standard InChI is InChI=1S/C17H15Cl2NO2/c1-22-15-5-3-2-4-12(15)17(8-9-17)20-16(21)11-6-7-13(18)14(19)10-11/h2-7,10H,8-9H2,1H3,(H,20,21). The van der Waals surface area contributed by atoms with Gasteiger partial charge >= 0.3 is 0 Å². The summed E-state index contributed by atoms with van der Waals surface area (Å²) in [6.45, 7) is 0. The zero-order valence-corrected chi connectivity index (χ0v) is 13.5. The summed E-state index contributed by atoms with van der Waals surface area (Å²) in [6.07, 6.45) is 1.78. The van der Waals surface area contributed by atoms with Gasteiger partial charge in [0.25, 0.3) is 5.91 Å². The summed E-state index contributed by atoms with van der Waals surface area (Å²) in [4.78, 5) is 12.5. The predicted octanol–water partition coefficient (Wildman–Crippen LogP) is 4.42. The molecule has 114 valence electrons. The van der Waals surface area contributed by atoms with Gasteiger partial charge in [0.1, 0.15) is 5.75 Å². The zero-order valence-electron chi connectivity index (χ0n) is 12.0. The van der Waals surface area contributed by atoms with Crippen molar-refractivity contribution >= 4 is 29.1 Å². The lowest BCUT2D eigenvalue weighted by atomic mass is 10.0. The van der Waals surface area contributed by atoms with Crippen LogP contribution in [0.1, 0.15) is 28.8 Å². The van der Waals surface area contributed by atoms with Gasteiger partial charge in [0.05, 0.1) is 22.7 Å². The lowest BCUT2D eigenvalue weighted by molar-refractivity contribution is 0.0930. The SMILES string of the molecule is COc1ccccc1C1(NC(=O)c2ccc(Cl)c(Cl)c2)CC1. The normalized spacial score (nSPS) is 15.2. The molecular formula is C17H15Cl2NO2. The Hall–Kier alpha value is -1.71. The average molecular weight is 336 g/mol. The smallest absolute Gasteiger partial charge is 0.252 e. The Labute approximate surface area is 139 Å². The molecule has 0 radical (unpaired) electrons. The van der Waals surface area contributed by atoms with Gasteiger partial charge in [-0.3, -0.25) is 4.79 Å². The van der Waals surface area contributed by atoms with Gasteiger partial charge in [-0.1, -0.05) is 41.4 Å². The molecule has 1 fully saturated rings. The molecule has 22 heavy (non-hydrogen) atoms. The molecule has 0 saturated heterocycles. The summed E-state index contributed by atoms with van der Waals surface area (Å²) in [7, 11) is 1.63. The lowest BCUT2D eigenvalue weighted by Crippen LogP contribution is -2.35. The van der Waals surface area contributed by atoms with Crippen LogP contribution in [-0.2, 0) is 5.54 Å². The van der Waals surface area contributed by atoms with Crippen molar-refractivity contribution in [3.05, 3.63) is 63.6 Å². The second-order valence-electron chi connectivity index (χ2n) is 5.37. The number of carbonyl (C=O) groups is 1. The van der Waals surface area contributed by atoms with Crippen molar-refractivity contribution in [2.45, 2.75) is 18.4 Å². The number of benzene rings is 2. The maximum absolute atomic E-state index is 12.5. The van der Waals surface area contributed by atoms with Crippen LogP contribution < -0.4 is 10.1 Å². The highest BCUT2D eigenvalue weighted by Crippen LogP contribution is 2.49. The van der Waals surface area contributed by atoms with E-state index >= 15 is 0 Å². The van der Waals surface area contributed by atoms with Crippen molar-refractivity contribution in [3.63, 3.8) is 0 Å². The first kappa shape index (κ1) is 15.2.